The molecule has 4 nitrogen and oxygen atoms in total. The molecule has 0 aromatic heterocycles. The highest BCUT2D eigenvalue weighted by molar-refractivity contribution is 5.91. The molecule has 1 unspecified atom stereocenters. The van der Waals surface area contributed by atoms with Crippen LogP contribution in [0.4, 0.5) is 23.2 Å². The topological polar surface area (TPSA) is 64.3 Å². The molecule has 112 valence electrons. The van der Waals surface area contributed by atoms with Crippen molar-refractivity contribution in [2.45, 2.75) is 18.7 Å². The molecule has 0 heterocycles. The normalized spacial score (nSPS) is 13.1. The van der Waals surface area contributed by atoms with Gasteiger partial charge >= 0.3 is 6.18 Å². The number of anilines is 1. The first-order chi connectivity index (χ1) is 9.27. The summed E-state index contributed by atoms with van der Waals surface area (Å²) < 4.78 is 55.7. The van der Waals surface area contributed by atoms with Crippen molar-refractivity contribution in [3.8, 4) is 0 Å². The monoisotopic (exact) mass is 294 g/mol. The Morgan fingerprint density at radius 3 is 2.60 bits per heavy atom. The molecule has 0 saturated carbocycles. The van der Waals surface area contributed by atoms with Crippen LogP contribution in [-0.4, -0.2) is 25.7 Å². The van der Waals surface area contributed by atoms with Crippen molar-refractivity contribution in [2.24, 2.45) is 5.73 Å². The highest BCUT2D eigenvalue weighted by atomic mass is 19.4. The molecule has 3 N–H and O–H groups in total. The maximum absolute atomic E-state index is 13.4. The maximum Gasteiger partial charge on any atom is 0.416 e. The number of benzene rings is 1. The number of ether oxygens (including phenoxy) is 1. The number of nitrogens with two attached hydrogens (primary N) is 1. The minimum atomic E-state index is -4.61. The fraction of sp³-hybridized carbons (Fsp3) is 0.417. The summed E-state index contributed by atoms with van der Waals surface area (Å²) in [6.07, 6.45) is -5.37. The predicted octanol–water partition coefficient (Wildman–Crippen LogP) is 2.15. The fourth-order valence-electron chi connectivity index (χ4n) is 1.47. The number of nitrogens with one attached hydrogen (secondary N) is 1. The average Bonchev–Trinajstić information content (AvgIpc) is 2.37. The molecule has 0 fully saturated rings. The first-order valence-electron chi connectivity index (χ1n) is 5.67. The lowest BCUT2D eigenvalue weighted by molar-refractivity contribution is -0.137. The number of hydrogen-bond acceptors (Lipinski definition) is 3. The van der Waals surface area contributed by atoms with Gasteiger partial charge in [0.05, 0.1) is 23.8 Å². The van der Waals surface area contributed by atoms with Gasteiger partial charge in [-0.2, -0.15) is 13.2 Å². The number of amides is 1. The lowest BCUT2D eigenvalue weighted by Gasteiger charge is -2.14. The van der Waals surface area contributed by atoms with Crippen molar-refractivity contribution in [3.05, 3.63) is 29.6 Å². The van der Waals surface area contributed by atoms with Crippen molar-refractivity contribution < 1.29 is 27.1 Å². The van der Waals surface area contributed by atoms with E-state index in [2.05, 4.69) is 5.32 Å². The standard InChI is InChI=1S/C12H14F4N2O2/c1-20-8(6-17)5-11(19)18-10-4-7(12(14,15)16)2-3-9(10)13/h2-4,8H,5-6,17H2,1H3,(H,18,19). The van der Waals surface area contributed by atoms with Crippen LogP contribution in [0.2, 0.25) is 0 Å². The Morgan fingerprint density at radius 1 is 1.45 bits per heavy atom. The van der Waals surface area contributed by atoms with Crippen molar-refractivity contribution in [1.82, 2.24) is 0 Å². The molecule has 1 atom stereocenters. The van der Waals surface area contributed by atoms with Crippen molar-refractivity contribution in [2.75, 3.05) is 19.0 Å². The maximum atomic E-state index is 13.4. The van der Waals surface area contributed by atoms with Gasteiger partial charge in [0, 0.05) is 13.7 Å². The summed E-state index contributed by atoms with van der Waals surface area (Å²) in [6, 6.07) is 1.79. The highest BCUT2D eigenvalue weighted by Gasteiger charge is 2.31. The molecule has 1 aromatic carbocycles. The Hall–Kier alpha value is -1.67. The zero-order valence-electron chi connectivity index (χ0n) is 10.6. The van der Waals surface area contributed by atoms with Gasteiger partial charge in [0.2, 0.25) is 5.91 Å². The molecule has 1 aromatic rings. The van der Waals surface area contributed by atoms with Crippen LogP contribution in [0.15, 0.2) is 18.2 Å². The summed E-state index contributed by atoms with van der Waals surface area (Å²) in [5.74, 6) is -1.63. The van der Waals surface area contributed by atoms with Gasteiger partial charge in [0.15, 0.2) is 0 Å². The lowest BCUT2D eigenvalue weighted by Crippen LogP contribution is -2.28. The second-order valence-electron chi connectivity index (χ2n) is 4.04. The van der Waals surface area contributed by atoms with Crippen LogP contribution >= 0.6 is 0 Å². The third-order valence-electron chi connectivity index (χ3n) is 2.58. The second kappa shape index (κ2) is 6.67. The van der Waals surface area contributed by atoms with Crippen molar-refractivity contribution in [3.63, 3.8) is 0 Å². The molecule has 1 amide bonds. The Balaban J connectivity index is 2.84. The van der Waals surface area contributed by atoms with E-state index < -0.39 is 35.3 Å². The molecular weight excluding hydrogens is 280 g/mol. The van der Waals surface area contributed by atoms with Crippen LogP contribution < -0.4 is 11.1 Å². The zero-order chi connectivity index (χ0) is 15.3. The molecular formula is C12H14F4N2O2. The smallest absolute Gasteiger partial charge is 0.380 e. The van der Waals surface area contributed by atoms with Gasteiger partial charge in [-0.25, -0.2) is 4.39 Å². The lowest BCUT2D eigenvalue weighted by atomic mass is 10.1. The molecule has 1 rings (SSSR count). The Bertz CT molecular complexity index is 473. The van der Waals surface area contributed by atoms with E-state index in [-0.39, 0.29) is 13.0 Å². The first kappa shape index (κ1) is 16.4. The average molecular weight is 294 g/mol. The van der Waals surface area contributed by atoms with Crippen LogP contribution in [0.1, 0.15) is 12.0 Å². The van der Waals surface area contributed by atoms with Gasteiger partial charge < -0.3 is 15.8 Å². The number of hydrogen-bond donors (Lipinski definition) is 2. The van der Waals surface area contributed by atoms with E-state index in [1.54, 1.807) is 0 Å². The third kappa shape index (κ3) is 4.46. The third-order valence-corrected chi connectivity index (χ3v) is 2.58. The summed E-state index contributed by atoms with van der Waals surface area (Å²) in [5.41, 5.74) is 3.73. The number of rotatable bonds is 5. The van der Waals surface area contributed by atoms with Gasteiger partial charge in [-0.15, -0.1) is 0 Å². The SMILES string of the molecule is COC(CN)CC(=O)Nc1cc(C(F)(F)F)ccc1F. The zero-order valence-corrected chi connectivity index (χ0v) is 10.6. The largest absolute Gasteiger partial charge is 0.416 e. The molecule has 0 saturated heterocycles. The summed E-state index contributed by atoms with van der Waals surface area (Å²) in [5, 5.41) is 2.07. The second-order valence-corrected chi connectivity index (χ2v) is 4.04. The first-order valence-corrected chi connectivity index (χ1v) is 5.67. The minimum absolute atomic E-state index is 0.0645. The number of methoxy groups -OCH3 is 1. The van der Waals surface area contributed by atoms with E-state index in [4.69, 9.17) is 10.5 Å². The Labute approximate surface area is 112 Å². The fourth-order valence-corrected chi connectivity index (χ4v) is 1.47. The van der Waals surface area contributed by atoms with E-state index in [1.165, 1.54) is 7.11 Å². The molecule has 0 aliphatic rings. The van der Waals surface area contributed by atoms with E-state index in [0.29, 0.717) is 18.2 Å². The molecule has 0 spiro atoms. The van der Waals surface area contributed by atoms with Gasteiger partial charge in [0.1, 0.15) is 5.82 Å². The molecule has 0 aliphatic heterocycles. The number of carbonyl (C=O) groups is 1. The molecule has 20 heavy (non-hydrogen) atoms. The quantitative estimate of drug-likeness (QED) is 0.818. The Morgan fingerprint density at radius 2 is 2.10 bits per heavy atom. The van der Waals surface area contributed by atoms with E-state index in [0.717, 1.165) is 0 Å². The number of carbonyl (C=O) groups excluding carboxylic acids is 1. The summed E-state index contributed by atoms with van der Waals surface area (Å²) in [4.78, 5) is 11.6. The van der Waals surface area contributed by atoms with Crippen molar-refractivity contribution in [1.29, 1.82) is 0 Å². The van der Waals surface area contributed by atoms with Gasteiger partial charge in [0.25, 0.3) is 0 Å². The molecule has 0 bridgehead atoms. The number of alkyl halides is 3. The van der Waals surface area contributed by atoms with E-state index in [1.807, 2.05) is 0 Å². The predicted molar refractivity (Wildman–Crippen MR) is 64.5 cm³/mol. The van der Waals surface area contributed by atoms with Gasteiger partial charge in [-0.1, -0.05) is 0 Å². The molecule has 0 radical (unpaired) electrons. The van der Waals surface area contributed by atoms with E-state index >= 15 is 0 Å². The van der Waals surface area contributed by atoms with Gasteiger partial charge in [-0.3, -0.25) is 4.79 Å². The molecule has 0 aliphatic carbocycles. The molecule has 8 heteroatoms. The van der Waals surface area contributed by atoms with Crippen LogP contribution in [0.3, 0.4) is 0 Å². The number of halogens is 4. The van der Waals surface area contributed by atoms with Gasteiger partial charge in [-0.05, 0) is 18.2 Å². The minimum Gasteiger partial charge on any atom is -0.380 e. The van der Waals surface area contributed by atoms with Crippen LogP contribution in [0, 0.1) is 5.82 Å². The van der Waals surface area contributed by atoms with Crippen molar-refractivity contribution >= 4 is 11.6 Å². The summed E-state index contributed by atoms with van der Waals surface area (Å²) >= 11 is 0. The highest BCUT2D eigenvalue weighted by Crippen LogP contribution is 2.31. The van der Waals surface area contributed by atoms with Crippen LogP contribution in [0.25, 0.3) is 0 Å². The Kier molecular flexibility index (Phi) is 5.46. The van der Waals surface area contributed by atoms with E-state index in [9.17, 15) is 22.4 Å². The summed E-state index contributed by atoms with van der Waals surface area (Å²) in [7, 11) is 1.34. The summed E-state index contributed by atoms with van der Waals surface area (Å²) in [6.45, 7) is 0.0645. The van der Waals surface area contributed by atoms with Crippen LogP contribution in [-0.2, 0) is 15.7 Å². The van der Waals surface area contributed by atoms with Crippen LogP contribution in [0.5, 0.6) is 0 Å².